The molecule has 1 N–H and O–H groups in total. The first-order valence-corrected chi connectivity index (χ1v) is 10.8. The summed E-state index contributed by atoms with van der Waals surface area (Å²) in [6.07, 6.45) is 1.13. The van der Waals surface area contributed by atoms with Crippen LogP contribution in [0.5, 0.6) is 0 Å². The Labute approximate surface area is 168 Å². The third-order valence-electron chi connectivity index (χ3n) is 4.22. The summed E-state index contributed by atoms with van der Waals surface area (Å²) >= 11 is 5.78. The van der Waals surface area contributed by atoms with Crippen molar-refractivity contribution < 1.29 is 22.0 Å². The van der Waals surface area contributed by atoms with Crippen LogP contribution in [-0.2, 0) is 14.8 Å². The van der Waals surface area contributed by atoms with Crippen molar-refractivity contribution in [3.8, 4) is 0 Å². The van der Waals surface area contributed by atoms with Crippen molar-refractivity contribution in [1.82, 2.24) is 5.32 Å². The number of anilines is 1. The Kier molecular flexibility index (Phi) is 7.01. The minimum absolute atomic E-state index is 0.0883. The molecule has 0 fully saturated rings. The molecule has 0 aliphatic carbocycles. The molecular formula is C19H21ClF2N2O3S. The summed E-state index contributed by atoms with van der Waals surface area (Å²) in [5.41, 5.74) is 0.755. The summed E-state index contributed by atoms with van der Waals surface area (Å²) in [6.45, 7) is 3.37. The molecule has 28 heavy (non-hydrogen) atoms. The number of amides is 1. The zero-order valence-electron chi connectivity index (χ0n) is 15.6. The van der Waals surface area contributed by atoms with Gasteiger partial charge in [-0.2, -0.15) is 0 Å². The van der Waals surface area contributed by atoms with Crippen LogP contribution in [0.15, 0.2) is 42.5 Å². The molecule has 0 spiro atoms. The molecule has 0 unspecified atom stereocenters. The number of hydrogen-bond donors (Lipinski definition) is 1. The van der Waals surface area contributed by atoms with E-state index in [0.29, 0.717) is 5.56 Å². The first-order chi connectivity index (χ1) is 13.0. The lowest BCUT2D eigenvalue weighted by atomic mass is 10.1. The Morgan fingerprint density at radius 3 is 2.29 bits per heavy atom. The lowest BCUT2D eigenvalue weighted by Gasteiger charge is -2.31. The number of nitrogens with zero attached hydrogens (tertiary/aromatic N) is 1. The maximum Gasteiger partial charge on any atom is 0.244 e. The highest BCUT2D eigenvalue weighted by atomic mass is 35.5. The smallest absolute Gasteiger partial charge is 0.244 e. The number of nitrogens with one attached hydrogen (secondary N) is 1. The second-order valence-corrected chi connectivity index (χ2v) is 8.63. The van der Waals surface area contributed by atoms with E-state index in [2.05, 4.69) is 5.32 Å². The van der Waals surface area contributed by atoms with Crippen LogP contribution in [0.25, 0.3) is 0 Å². The molecule has 2 atom stereocenters. The molecular weight excluding hydrogens is 410 g/mol. The third kappa shape index (κ3) is 5.20. The van der Waals surface area contributed by atoms with Gasteiger partial charge >= 0.3 is 0 Å². The van der Waals surface area contributed by atoms with Gasteiger partial charge in [-0.3, -0.25) is 9.10 Å². The average Bonchev–Trinajstić information content (AvgIpc) is 2.61. The molecule has 9 heteroatoms. The molecule has 152 valence electrons. The van der Waals surface area contributed by atoms with Crippen LogP contribution >= 0.6 is 11.6 Å². The normalized spacial score (nSPS) is 13.6. The van der Waals surface area contributed by atoms with E-state index < -0.39 is 39.6 Å². The lowest BCUT2D eigenvalue weighted by molar-refractivity contribution is -0.122. The quantitative estimate of drug-likeness (QED) is 0.720. The van der Waals surface area contributed by atoms with E-state index in [9.17, 15) is 22.0 Å². The maximum atomic E-state index is 13.5. The van der Waals surface area contributed by atoms with Gasteiger partial charge in [0.15, 0.2) is 0 Å². The number of rotatable bonds is 7. The van der Waals surface area contributed by atoms with Gasteiger partial charge in [-0.15, -0.1) is 0 Å². The first-order valence-electron chi connectivity index (χ1n) is 8.55. The van der Waals surface area contributed by atoms with E-state index in [1.807, 2.05) is 0 Å². The summed E-state index contributed by atoms with van der Waals surface area (Å²) in [5.74, 6) is -1.63. The van der Waals surface area contributed by atoms with E-state index in [4.69, 9.17) is 11.6 Å². The predicted octanol–water partition coefficient (Wildman–Crippen LogP) is 4.04. The van der Waals surface area contributed by atoms with Crippen molar-refractivity contribution in [2.75, 3.05) is 10.6 Å². The Balaban J connectivity index is 2.33. The van der Waals surface area contributed by atoms with E-state index in [0.717, 1.165) is 22.7 Å². The summed E-state index contributed by atoms with van der Waals surface area (Å²) in [6, 6.07) is 7.54. The molecule has 0 radical (unpaired) electrons. The molecule has 0 aliphatic heterocycles. The van der Waals surface area contributed by atoms with Crippen molar-refractivity contribution in [2.24, 2.45) is 0 Å². The minimum atomic E-state index is -3.87. The zero-order valence-corrected chi connectivity index (χ0v) is 17.2. The zero-order chi connectivity index (χ0) is 21.1. The molecule has 0 saturated heterocycles. The van der Waals surface area contributed by atoms with E-state index >= 15 is 0 Å². The number of benzene rings is 2. The number of carbonyl (C=O) groups excluding carboxylic acids is 1. The second-order valence-electron chi connectivity index (χ2n) is 6.36. The first kappa shape index (κ1) is 22.1. The third-order valence-corrected chi connectivity index (χ3v) is 5.69. The van der Waals surface area contributed by atoms with Gasteiger partial charge in [0.25, 0.3) is 0 Å². The van der Waals surface area contributed by atoms with Gasteiger partial charge in [0, 0.05) is 0 Å². The van der Waals surface area contributed by atoms with Crippen molar-refractivity contribution in [3.05, 3.63) is 64.7 Å². The highest BCUT2D eigenvalue weighted by Gasteiger charge is 2.32. The highest BCUT2D eigenvalue weighted by Crippen LogP contribution is 2.27. The maximum absolute atomic E-state index is 13.5. The van der Waals surface area contributed by atoms with Crippen LogP contribution in [0, 0.1) is 11.6 Å². The number of halogens is 3. The van der Waals surface area contributed by atoms with Crippen LogP contribution in [-0.4, -0.2) is 26.6 Å². The fraction of sp³-hybridized carbons (Fsp3) is 0.316. The highest BCUT2D eigenvalue weighted by molar-refractivity contribution is 7.92. The van der Waals surface area contributed by atoms with Gasteiger partial charge in [-0.25, -0.2) is 17.2 Å². The number of sulfonamides is 1. The number of hydrogen-bond acceptors (Lipinski definition) is 3. The van der Waals surface area contributed by atoms with E-state index in [1.54, 1.807) is 13.8 Å². The van der Waals surface area contributed by atoms with E-state index in [1.165, 1.54) is 30.3 Å². The summed E-state index contributed by atoms with van der Waals surface area (Å²) < 4.78 is 52.3. The van der Waals surface area contributed by atoms with Crippen LogP contribution in [0.1, 0.15) is 31.9 Å². The van der Waals surface area contributed by atoms with Crippen molar-refractivity contribution in [2.45, 2.75) is 32.4 Å². The molecule has 2 aromatic rings. The summed E-state index contributed by atoms with van der Waals surface area (Å²) in [4.78, 5) is 12.8. The Hall–Kier alpha value is -2.19. The molecule has 0 aromatic heterocycles. The molecule has 1 amide bonds. The molecule has 5 nitrogen and oxygen atoms in total. The Morgan fingerprint density at radius 2 is 1.79 bits per heavy atom. The van der Waals surface area contributed by atoms with Crippen molar-refractivity contribution in [3.63, 3.8) is 0 Å². The largest absolute Gasteiger partial charge is 0.348 e. The van der Waals surface area contributed by atoms with E-state index in [-0.39, 0.29) is 17.1 Å². The lowest BCUT2D eigenvalue weighted by Crippen LogP contribution is -2.49. The minimum Gasteiger partial charge on any atom is -0.348 e. The SMILES string of the molecule is CC[C@H](C(=O)N[C@@H](C)c1ccc(F)cc1)N(c1ccc(F)c(Cl)c1)S(C)(=O)=O. The van der Waals surface area contributed by atoms with Gasteiger partial charge in [0.1, 0.15) is 17.7 Å². The van der Waals surface area contributed by atoms with Crippen molar-refractivity contribution in [1.29, 1.82) is 0 Å². The fourth-order valence-corrected chi connectivity index (χ4v) is 4.21. The van der Waals surface area contributed by atoms with Crippen LogP contribution in [0.2, 0.25) is 5.02 Å². The topological polar surface area (TPSA) is 66.5 Å². The standard InChI is InChI=1S/C19H21ClF2N2O3S/c1-4-18(19(25)23-12(2)13-5-7-14(21)8-6-13)24(28(3,26)27)15-9-10-17(22)16(20)11-15/h5-12,18H,4H2,1-3H3,(H,23,25)/t12-,18+/m0/s1. The van der Waals surface area contributed by atoms with Crippen molar-refractivity contribution >= 4 is 33.2 Å². The van der Waals surface area contributed by atoms with Gasteiger partial charge < -0.3 is 5.32 Å². The van der Waals surface area contributed by atoms with Gasteiger partial charge in [0.2, 0.25) is 15.9 Å². The second kappa shape index (κ2) is 8.87. The average molecular weight is 431 g/mol. The van der Waals surface area contributed by atoms with Crippen LogP contribution in [0.4, 0.5) is 14.5 Å². The number of carbonyl (C=O) groups is 1. The Morgan fingerprint density at radius 1 is 1.18 bits per heavy atom. The molecule has 2 rings (SSSR count). The predicted molar refractivity (Wildman–Crippen MR) is 106 cm³/mol. The molecule has 2 aromatic carbocycles. The monoisotopic (exact) mass is 430 g/mol. The summed E-state index contributed by atoms with van der Waals surface area (Å²) in [7, 11) is -3.87. The summed E-state index contributed by atoms with van der Waals surface area (Å²) in [5, 5.41) is 2.49. The Bertz CT molecular complexity index is 952. The van der Waals surface area contributed by atoms with Gasteiger partial charge in [-0.1, -0.05) is 30.7 Å². The van der Waals surface area contributed by atoms with Crippen LogP contribution in [0.3, 0.4) is 0 Å². The van der Waals surface area contributed by atoms with Gasteiger partial charge in [-0.05, 0) is 49.2 Å². The molecule has 0 aliphatic rings. The fourth-order valence-electron chi connectivity index (χ4n) is 2.83. The molecule has 0 bridgehead atoms. The molecule has 0 heterocycles. The van der Waals surface area contributed by atoms with Gasteiger partial charge in [0.05, 0.1) is 23.0 Å². The van der Waals surface area contributed by atoms with Crippen LogP contribution < -0.4 is 9.62 Å². The molecule has 0 saturated carbocycles.